The molecule has 0 aromatic heterocycles. The van der Waals surface area contributed by atoms with Crippen LogP contribution in [0.1, 0.15) is 28.4 Å². The lowest BCUT2D eigenvalue weighted by Crippen LogP contribution is -2.29. The van der Waals surface area contributed by atoms with Gasteiger partial charge in [0.15, 0.2) is 17.6 Å². The van der Waals surface area contributed by atoms with E-state index in [-0.39, 0.29) is 32.9 Å². The molecule has 0 radical (unpaired) electrons. The predicted molar refractivity (Wildman–Crippen MR) is 123 cm³/mol. The molecule has 0 fully saturated rings. The van der Waals surface area contributed by atoms with E-state index in [2.05, 4.69) is 4.74 Å². The van der Waals surface area contributed by atoms with Crippen LogP contribution in [0.4, 0.5) is 22.0 Å². The lowest BCUT2D eigenvalue weighted by atomic mass is 10.0. The molecule has 1 atom stereocenters. The van der Waals surface area contributed by atoms with Crippen molar-refractivity contribution in [3.8, 4) is 17.2 Å². The third-order valence-electron chi connectivity index (χ3n) is 5.23. The molecule has 37 heavy (non-hydrogen) atoms. The van der Waals surface area contributed by atoms with Crippen LogP contribution in [-0.4, -0.2) is 17.9 Å². The van der Waals surface area contributed by atoms with E-state index in [1.807, 2.05) is 0 Å². The number of hydrogen-bond acceptors (Lipinski definition) is 5. The molecule has 0 saturated carbocycles. The standard InChI is InChI=1S/C25H13Cl2F5O5/c1-9-6-11(36-25(34)10(2)35-24-21(31)19(29)18(28)20(30)22(24)32)7-15-17(9)23(33)16(37-15)8-12-13(26)4-3-5-14(12)27/h3-8,10H,1-2H3/b16-8-. The van der Waals surface area contributed by atoms with Gasteiger partial charge in [0, 0.05) is 21.7 Å². The van der Waals surface area contributed by atoms with E-state index in [1.165, 1.54) is 25.1 Å². The van der Waals surface area contributed by atoms with Crippen molar-refractivity contribution in [3.05, 3.63) is 91.9 Å². The molecule has 3 aromatic carbocycles. The Morgan fingerprint density at radius 1 is 0.973 bits per heavy atom. The maximum atomic E-state index is 13.9. The Kier molecular flexibility index (Phi) is 7.16. The van der Waals surface area contributed by atoms with Gasteiger partial charge >= 0.3 is 5.97 Å². The Bertz CT molecular complexity index is 1460. The van der Waals surface area contributed by atoms with Crippen molar-refractivity contribution in [1.82, 2.24) is 0 Å². The number of ketones is 1. The molecule has 1 aliphatic heterocycles. The molecule has 0 spiro atoms. The number of allylic oxidation sites excluding steroid dienone is 1. The average Bonchev–Trinajstić information content (AvgIpc) is 3.16. The second kappa shape index (κ2) is 10.0. The molecule has 0 aliphatic carbocycles. The molecule has 12 heteroatoms. The Morgan fingerprint density at radius 3 is 2.14 bits per heavy atom. The fourth-order valence-corrected chi connectivity index (χ4v) is 3.93. The molecule has 1 heterocycles. The lowest BCUT2D eigenvalue weighted by molar-refractivity contribution is -0.141. The van der Waals surface area contributed by atoms with E-state index in [0.717, 1.165) is 6.92 Å². The molecular formula is C25H13Cl2F5O5. The van der Waals surface area contributed by atoms with Crippen LogP contribution in [0.25, 0.3) is 6.08 Å². The monoisotopic (exact) mass is 558 g/mol. The number of Topliss-reactive ketones (excluding diaryl/α,β-unsaturated/α-hetero) is 1. The smallest absolute Gasteiger partial charge is 0.352 e. The molecule has 3 aromatic rings. The van der Waals surface area contributed by atoms with Gasteiger partial charge < -0.3 is 14.2 Å². The highest BCUT2D eigenvalue weighted by molar-refractivity contribution is 6.37. The number of carbonyl (C=O) groups is 2. The summed E-state index contributed by atoms with van der Waals surface area (Å²) in [5, 5.41) is 0.558. The number of esters is 1. The van der Waals surface area contributed by atoms with Gasteiger partial charge in [-0.2, -0.15) is 8.78 Å². The molecule has 192 valence electrons. The van der Waals surface area contributed by atoms with Gasteiger partial charge in [-0.3, -0.25) is 4.79 Å². The van der Waals surface area contributed by atoms with Crippen molar-refractivity contribution in [3.63, 3.8) is 0 Å². The summed E-state index contributed by atoms with van der Waals surface area (Å²) in [7, 11) is 0. The Balaban J connectivity index is 1.56. The van der Waals surface area contributed by atoms with Crippen LogP contribution in [0.2, 0.25) is 10.0 Å². The number of hydrogen-bond donors (Lipinski definition) is 0. The summed E-state index contributed by atoms with van der Waals surface area (Å²) < 4.78 is 83.2. The Hall–Kier alpha value is -3.63. The van der Waals surface area contributed by atoms with Crippen molar-refractivity contribution in [2.24, 2.45) is 0 Å². The number of halogens is 7. The molecule has 0 amide bonds. The van der Waals surface area contributed by atoms with Crippen molar-refractivity contribution >= 4 is 41.0 Å². The first-order chi connectivity index (χ1) is 17.4. The van der Waals surface area contributed by atoms with Gasteiger partial charge in [0.1, 0.15) is 11.5 Å². The molecule has 0 bridgehead atoms. The zero-order chi connectivity index (χ0) is 27.2. The summed E-state index contributed by atoms with van der Waals surface area (Å²) in [6, 6.07) is 7.29. The molecule has 5 nitrogen and oxygen atoms in total. The minimum atomic E-state index is -2.37. The molecule has 1 unspecified atom stereocenters. The van der Waals surface area contributed by atoms with Gasteiger partial charge in [-0.1, -0.05) is 29.3 Å². The third kappa shape index (κ3) is 4.86. The zero-order valence-electron chi connectivity index (χ0n) is 18.7. The van der Waals surface area contributed by atoms with E-state index in [1.54, 1.807) is 18.2 Å². The van der Waals surface area contributed by atoms with E-state index in [4.69, 9.17) is 32.7 Å². The zero-order valence-corrected chi connectivity index (χ0v) is 20.2. The van der Waals surface area contributed by atoms with E-state index in [0.29, 0.717) is 11.1 Å². The van der Waals surface area contributed by atoms with Crippen molar-refractivity contribution < 1.29 is 45.8 Å². The lowest BCUT2D eigenvalue weighted by Gasteiger charge is -2.16. The minimum Gasteiger partial charge on any atom is -0.473 e. The van der Waals surface area contributed by atoms with Gasteiger partial charge in [-0.05, 0) is 43.7 Å². The summed E-state index contributed by atoms with van der Waals surface area (Å²) in [6.07, 6.45) is -0.430. The van der Waals surface area contributed by atoms with Crippen molar-refractivity contribution in [2.45, 2.75) is 20.0 Å². The molecular weight excluding hydrogens is 546 g/mol. The van der Waals surface area contributed by atoms with Gasteiger partial charge in [0.25, 0.3) is 0 Å². The summed E-state index contributed by atoms with van der Waals surface area (Å²) in [5.74, 6) is -14.9. The molecule has 0 N–H and O–H groups in total. The van der Waals surface area contributed by atoms with Crippen LogP contribution in [0.15, 0.2) is 36.1 Å². The highest BCUT2D eigenvalue weighted by Gasteiger charge is 2.32. The molecule has 4 rings (SSSR count). The SMILES string of the molecule is Cc1cc(OC(=O)C(C)Oc2c(F)c(F)c(F)c(F)c2F)cc2c1C(=O)/C(=C/c1c(Cl)cccc1Cl)O2. The van der Waals surface area contributed by atoms with Crippen LogP contribution in [0.3, 0.4) is 0 Å². The first-order valence-electron chi connectivity index (χ1n) is 10.3. The number of aryl methyl sites for hydroxylation is 1. The maximum absolute atomic E-state index is 13.9. The minimum absolute atomic E-state index is 0.0376. The topological polar surface area (TPSA) is 61.8 Å². The van der Waals surface area contributed by atoms with E-state index in [9.17, 15) is 31.5 Å². The van der Waals surface area contributed by atoms with Crippen LogP contribution in [-0.2, 0) is 4.79 Å². The first-order valence-corrected chi connectivity index (χ1v) is 11.1. The van der Waals surface area contributed by atoms with Crippen LogP contribution < -0.4 is 14.2 Å². The number of rotatable bonds is 5. The largest absolute Gasteiger partial charge is 0.473 e. The van der Waals surface area contributed by atoms with E-state index >= 15 is 0 Å². The number of ether oxygens (including phenoxy) is 3. The van der Waals surface area contributed by atoms with Gasteiger partial charge in [-0.25, -0.2) is 18.0 Å². The van der Waals surface area contributed by atoms with Gasteiger partial charge in [0.05, 0.1) is 5.56 Å². The predicted octanol–water partition coefficient (Wildman–Crippen LogP) is 6.99. The third-order valence-corrected chi connectivity index (χ3v) is 5.89. The van der Waals surface area contributed by atoms with Crippen LogP contribution >= 0.6 is 23.2 Å². The fourth-order valence-electron chi connectivity index (χ4n) is 3.43. The summed E-state index contributed by atoms with van der Waals surface area (Å²) in [6.45, 7) is 2.52. The van der Waals surface area contributed by atoms with Crippen LogP contribution in [0, 0.1) is 36.0 Å². The average molecular weight is 559 g/mol. The summed E-state index contributed by atoms with van der Waals surface area (Å²) in [5.41, 5.74) is 0.887. The normalized spacial score (nSPS) is 14.4. The number of fused-ring (bicyclic) bond motifs is 1. The van der Waals surface area contributed by atoms with Gasteiger partial charge in [-0.15, -0.1) is 0 Å². The second-order valence-electron chi connectivity index (χ2n) is 7.77. The first kappa shape index (κ1) is 26.4. The summed E-state index contributed by atoms with van der Waals surface area (Å²) >= 11 is 12.3. The summed E-state index contributed by atoms with van der Waals surface area (Å²) in [4.78, 5) is 25.3. The van der Waals surface area contributed by atoms with Crippen molar-refractivity contribution in [2.75, 3.05) is 0 Å². The Labute approximate surface area is 216 Å². The maximum Gasteiger partial charge on any atom is 0.352 e. The number of benzene rings is 3. The van der Waals surface area contributed by atoms with Gasteiger partial charge in [0.2, 0.25) is 34.9 Å². The second-order valence-corrected chi connectivity index (χ2v) is 8.58. The molecule has 1 aliphatic rings. The highest BCUT2D eigenvalue weighted by Crippen LogP contribution is 2.39. The van der Waals surface area contributed by atoms with Crippen LogP contribution in [0.5, 0.6) is 17.2 Å². The quantitative estimate of drug-likeness (QED) is 0.0843. The van der Waals surface area contributed by atoms with E-state index < -0.39 is 52.7 Å². The fraction of sp³-hybridized carbons (Fsp3) is 0.120. The Morgan fingerprint density at radius 2 is 1.54 bits per heavy atom. The number of carbonyl (C=O) groups excluding carboxylic acids is 2. The molecule has 0 saturated heterocycles. The van der Waals surface area contributed by atoms with Crippen molar-refractivity contribution in [1.29, 1.82) is 0 Å². The highest BCUT2D eigenvalue weighted by atomic mass is 35.5.